The van der Waals surface area contributed by atoms with Gasteiger partial charge in [0, 0.05) is 11.7 Å². The van der Waals surface area contributed by atoms with Crippen molar-refractivity contribution in [3.05, 3.63) is 29.8 Å². The standard InChI is InChI=1S/C16H24N2O3/c1-11(2)13(4)17-15(19)9-18(10-16(20)21)14-7-5-12(3)6-8-14/h5-8,11,13H,9-10H2,1-4H3,(H,17,19)(H,20,21). The Morgan fingerprint density at radius 2 is 1.71 bits per heavy atom. The number of anilines is 1. The van der Waals surface area contributed by atoms with Gasteiger partial charge in [-0.05, 0) is 31.9 Å². The van der Waals surface area contributed by atoms with Gasteiger partial charge in [-0.1, -0.05) is 31.5 Å². The molecule has 5 nitrogen and oxygen atoms in total. The van der Waals surface area contributed by atoms with Crippen LogP contribution in [-0.4, -0.2) is 36.1 Å². The third kappa shape index (κ3) is 5.85. The summed E-state index contributed by atoms with van der Waals surface area (Å²) < 4.78 is 0. The smallest absolute Gasteiger partial charge is 0.323 e. The Kier molecular flexibility index (Phi) is 6.21. The topological polar surface area (TPSA) is 69.6 Å². The van der Waals surface area contributed by atoms with Gasteiger partial charge in [0.1, 0.15) is 6.54 Å². The molecular formula is C16H24N2O3. The molecule has 0 aromatic heterocycles. The van der Waals surface area contributed by atoms with E-state index in [-0.39, 0.29) is 25.0 Å². The van der Waals surface area contributed by atoms with Crippen LogP contribution >= 0.6 is 0 Å². The minimum atomic E-state index is -0.958. The molecule has 1 amide bonds. The van der Waals surface area contributed by atoms with Crippen LogP contribution in [0.2, 0.25) is 0 Å². The lowest BCUT2D eigenvalue weighted by molar-refractivity contribution is -0.135. The summed E-state index contributed by atoms with van der Waals surface area (Å²) in [4.78, 5) is 24.6. The Labute approximate surface area is 126 Å². The molecule has 1 aromatic carbocycles. The minimum absolute atomic E-state index is 0.0341. The second-order valence-corrected chi connectivity index (χ2v) is 5.69. The first-order chi connectivity index (χ1) is 9.79. The number of amides is 1. The molecule has 0 heterocycles. The number of carbonyl (C=O) groups excluding carboxylic acids is 1. The van der Waals surface area contributed by atoms with E-state index in [1.807, 2.05) is 52.0 Å². The van der Waals surface area contributed by atoms with Crippen molar-refractivity contribution in [1.29, 1.82) is 0 Å². The first-order valence-corrected chi connectivity index (χ1v) is 7.12. The van der Waals surface area contributed by atoms with E-state index in [1.54, 1.807) is 4.90 Å². The Bertz CT molecular complexity index is 483. The molecule has 0 spiro atoms. The lowest BCUT2D eigenvalue weighted by atomic mass is 10.1. The lowest BCUT2D eigenvalue weighted by Gasteiger charge is -2.24. The van der Waals surface area contributed by atoms with Crippen molar-refractivity contribution < 1.29 is 14.7 Å². The van der Waals surface area contributed by atoms with Gasteiger partial charge >= 0.3 is 5.97 Å². The van der Waals surface area contributed by atoms with E-state index < -0.39 is 5.97 Å². The van der Waals surface area contributed by atoms with Crippen LogP contribution in [0, 0.1) is 12.8 Å². The Balaban J connectivity index is 2.76. The maximum atomic E-state index is 12.0. The lowest BCUT2D eigenvalue weighted by Crippen LogP contribution is -2.44. The first-order valence-electron chi connectivity index (χ1n) is 7.12. The fourth-order valence-corrected chi connectivity index (χ4v) is 1.80. The van der Waals surface area contributed by atoms with Crippen LogP contribution in [0.25, 0.3) is 0 Å². The molecule has 0 bridgehead atoms. The number of carbonyl (C=O) groups is 2. The maximum absolute atomic E-state index is 12.0. The first kappa shape index (κ1) is 17.0. The molecule has 21 heavy (non-hydrogen) atoms. The van der Waals surface area contributed by atoms with Crippen molar-refractivity contribution in [3.8, 4) is 0 Å². The van der Waals surface area contributed by atoms with Crippen molar-refractivity contribution in [2.75, 3.05) is 18.0 Å². The third-order valence-corrected chi connectivity index (χ3v) is 3.45. The summed E-state index contributed by atoms with van der Waals surface area (Å²) in [7, 11) is 0. The van der Waals surface area contributed by atoms with Gasteiger partial charge in [0.2, 0.25) is 5.91 Å². The molecule has 1 atom stereocenters. The number of hydrogen-bond acceptors (Lipinski definition) is 3. The van der Waals surface area contributed by atoms with E-state index in [4.69, 9.17) is 5.11 Å². The van der Waals surface area contributed by atoms with Crippen LogP contribution in [-0.2, 0) is 9.59 Å². The molecule has 1 rings (SSSR count). The van der Waals surface area contributed by atoms with Crippen LogP contribution in [0.5, 0.6) is 0 Å². The molecule has 5 heteroatoms. The molecule has 0 fully saturated rings. The fourth-order valence-electron chi connectivity index (χ4n) is 1.80. The highest BCUT2D eigenvalue weighted by Gasteiger charge is 2.17. The Morgan fingerprint density at radius 1 is 1.14 bits per heavy atom. The van der Waals surface area contributed by atoms with Gasteiger partial charge in [-0.3, -0.25) is 9.59 Å². The van der Waals surface area contributed by atoms with Gasteiger partial charge in [0.25, 0.3) is 0 Å². The summed E-state index contributed by atoms with van der Waals surface area (Å²) in [6.07, 6.45) is 0. The van der Waals surface area contributed by atoms with Crippen LogP contribution in [0.4, 0.5) is 5.69 Å². The largest absolute Gasteiger partial charge is 0.480 e. The van der Waals surface area contributed by atoms with Crippen molar-refractivity contribution in [2.24, 2.45) is 5.92 Å². The second kappa shape index (κ2) is 7.67. The predicted molar refractivity (Wildman–Crippen MR) is 83.5 cm³/mol. The number of aryl methyl sites for hydroxylation is 1. The molecule has 0 radical (unpaired) electrons. The average Bonchev–Trinajstić information content (AvgIpc) is 2.38. The molecule has 0 aliphatic rings. The van der Waals surface area contributed by atoms with Crippen LogP contribution in [0.3, 0.4) is 0 Å². The van der Waals surface area contributed by atoms with Gasteiger partial charge < -0.3 is 15.3 Å². The van der Waals surface area contributed by atoms with Crippen molar-refractivity contribution in [2.45, 2.75) is 33.7 Å². The van der Waals surface area contributed by atoms with E-state index in [0.29, 0.717) is 5.92 Å². The van der Waals surface area contributed by atoms with Crippen LogP contribution < -0.4 is 10.2 Å². The zero-order chi connectivity index (χ0) is 16.0. The zero-order valence-electron chi connectivity index (χ0n) is 13.1. The van der Waals surface area contributed by atoms with Crippen molar-refractivity contribution in [3.63, 3.8) is 0 Å². The molecule has 116 valence electrons. The second-order valence-electron chi connectivity index (χ2n) is 5.69. The number of nitrogens with one attached hydrogen (secondary N) is 1. The van der Waals surface area contributed by atoms with Crippen molar-refractivity contribution >= 4 is 17.6 Å². The van der Waals surface area contributed by atoms with Gasteiger partial charge in [-0.15, -0.1) is 0 Å². The molecule has 2 N–H and O–H groups in total. The molecule has 0 saturated heterocycles. The fraction of sp³-hybridized carbons (Fsp3) is 0.500. The number of hydrogen-bond donors (Lipinski definition) is 2. The van der Waals surface area contributed by atoms with E-state index >= 15 is 0 Å². The minimum Gasteiger partial charge on any atom is -0.480 e. The number of rotatable bonds is 7. The van der Waals surface area contributed by atoms with Gasteiger partial charge in [0.15, 0.2) is 0 Å². The van der Waals surface area contributed by atoms with E-state index in [1.165, 1.54) is 0 Å². The van der Waals surface area contributed by atoms with Crippen LogP contribution in [0.15, 0.2) is 24.3 Å². The highest BCUT2D eigenvalue weighted by atomic mass is 16.4. The molecule has 0 aliphatic carbocycles. The summed E-state index contributed by atoms with van der Waals surface area (Å²) in [5, 5.41) is 11.9. The van der Waals surface area contributed by atoms with Crippen molar-refractivity contribution in [1.82, 2.24) is 5.32 Å². The third-order valence-electron chi connectivity index (χ3n) is 3.45. The quantitative estimate of drug-likeness (QED) is 0.807. The Morgan fingerprint density at radius 3 is 2.19 bits per heavy atom. The monoisotopic (exact) mass is 292 g/mol. The number of aliphatic carboxylic acids is 1. The molecule has 0 aliphatic heterocycles. The maximum Gasteiger partial charge on any atom is 0.323 e. The van der Waals surface area contributed by atoms with Crippen LogP contribution in [0.1, 0.15) is 26.3 Å². The summed E-state index contributed by atoms with van der Waals surface area (Å²) in [6.45, 7) is 7.79. The predicted octanol–water partition coefficient (Wildman–Crippen LogP) is 2.05. The van der Waals surface area contributed by atoms with Gasteiger partial charge in [-0.25, -0.2) is 0 Å². The summed E-state index contributed by atoms with van der Waals surface area (Å²) >= 11 is 0. The molecule has 1 aromatic rings. The summed E-state index contributed by atoms with van der Waals surface area (Å²) in [6, 6.07) is 7.52. The summed E-state index contributed by atoms with van der Waals surface area (Å²) in [5.41, 5.74) is 1.82. The molecular weight excluding hydrogens is 268 g/mol. The average molecular weight is 292 g/mol. The zero-order valence-corrected chi connectivity index (χ0v) is 13.1. The van der Waals surface area contributed by atoms with E-state index in [0.717, 1.165) is 11.3 Å². The molecule has 0 saturated carbocycles. The summed E-state index contributed by atoms with van der Waals surface area (Å²) in [5.74, 6) is -0.792. The van der Waals surface area contributed by atoms with E-state index in [2.05, 4.69) is 5.32 Å². The van der Waals surface area contributed by atoms with Gasteiger partial charge in [-0.2, -0.15) is 0 Å². The number of carboxylic acid groups (broad SMARTS) is 1. The van der Waals surface area contributed by atoms with Gasteiger partial charge in [0.05, 0.1) is 6.54 Å². The highest BCUT2D eigenvalue weighted by Crippen LogP contribution is 2.14. The number of nitrogens with zero attached hydrogens (tertiary/aromatic N) is 1. The molecule has 1 unspecified atom stereocenters. The number of benzene rings is 1. The van der Waals surface area contributed by atoms with E-state index in [9.17, 15) is 9.59 Å². The number of carboxylic acids is 1. The normalized spacial score (nSPS) is 12.0. The Hall–Kier alpha value is -2.04. The highest BCUT2D eigenvalue weighted by molar-refractivity contribution is 5.84. The SMILES string of the molecule is Cc1ccc(N(CC(=O)O)CC(=O)NC(C)C(C)C)cc1.